The third-order valence-corrected chi connectivity index (χ3v) is 4.57. The van der Waals surface area contributed by atoms with Crippen LogP contribution >= 0.6 is 0 Å². The zero-order chi connectivity index (χ0) is 19.6. The van der Waals surface area contributed by atoms with E-state index >= 15 is 0 Å². The molecule has 1 fully saturated rings. The normalized spacial score (nSPS) is 16.3. The Bertz CT molecular complexity index is 895. The summed E-state index contributed by atoms with van der Waals surface area (Å²) in [5, 5.41) is 13.6. The molecule has 1 aliphatic heterocycles. The number of nitro benzene ring substituents is 1. The van der Waals surface area contributed by atoms with Crippen molar-refractivity contribution in [2.24, 2.45) is 5.92 Å². The van der Waals surface area contributed by atoms with Crippen molar-refractivity contribution in [1.82, 2.24) is 0 Å². The fourth-order valence-electron chi connectivity index (χ4n) is 2.99. The number of hydrogen-bond donors (Lipinski definition) is 1. The molecule has 27 heavy (non-hydrogen) atoms. The maximum atomic E-state index is 12.6. The highest BCUT2D eigenvalue weighted by Crippen LogP contribution is 2.28. The molecule has 8 heteroatoms. The van der Waals surface area contributed by atoms with Crippen molar-refractivity contribution < 1.29 is 19.2 Å². The minimum Gasteiger partial charge on any atom is -0.497 e. The number of carbonyl (C=O) groups excluding carboxylic acids is 2. The van der Waals surface area contributed by atoms with Gasteiger partial charge in [0.25, 0.3) is 5.69 Å². The average molecular weight is 369 g/mol. The fraction of sp³-hybridized carbons (Fsp3) is 0.263. The van der Waals surface area contributed by atoms with Gasteiger partial charge in [0.2, 0.25) is 11.8 Å². The Kier molecular flexibility index (Phi) is 5.07. The molecule has 2 aromatic rings. The number of amides is 2. The molecule has 0 saturated carbocycles. The first-order valence-corrected chi connectivity index (χ1v) is 8.39. The van der Waals surface area contributed by atoms with Gasteiger partial charge in [0.05, 0.1) is 23.6 Å². The Hall–Kier alpha value is -3.42. The third-order valence-electron chi connectivity index (χ3n) is 4.57. The molecule has 2 aromatic carbocycles. The summed E-state index contributed by atoms with van der Waals surface area (Å²) in [5.74, 6) is -0.321. The van der Waals surface area contributed by atoms with Crippen LogP contribution in [0.3, 0.4) is 0 Å². The number of nitro groups is 1. The molecule has 0 radical (unpaired) electrons. The average Bonchev–Trinajstić information content (AvgIpc) is 3.05. The summed E-state index contributed by atoms with van der Waals surface area (Å²) in [6.45, 7) is 2.01. The van der Waals surface area contributed by atoms with E-state index in [0.717, 1.165) is 0 Å². The summed E-state index contributed by atoms with van der Waals surface area (Å²) in [5.41, 5.74) is 1.69. The Labute approximate surface area is 155 Å². The molecule has 1 N–H and O–H groups in total. The van der Waals surface area contributed by atoms with Gasteiger partial charge in [-0.3, -0.25) is 19.7 Å². The number of hydrogen-bond acceptors (Lipinski definition) is 5. The summed E-state index contributed by atoms with van der Waals surface area (Å²) in [7, 11) is 1.56. The second-order valence-corrected chi connectivity index (χ2v) is 6.35. The summed E-state index contributed by atoms with van der Waals surface area (Å²) < 4.78 is 5.11. The second-order valence-electron chi connectivity index (χ2n) is 6.35. The largest absolute Gasteiger partial charge is 0.497 e. The van der Waals surface area contributed by atoms with Crippen LogP contribution < -0.4 is 15.0 Å². The molecule has 1 unspecified atom stereocenters. The predicted octanol–water partition coefficient (Wildman–Crippen LogP) is 2.90. The van der Waals surface area contributed by atoms with Crippen LogP contribution in [0.25, 0.3) is 0 Å². The number of non-ortho nitro benzene ring substituents is 1. The summed E-state index contributed by atoms with van der Waals surface area (Å²) in [6, 6.07) is 11.3. The Morgan fingerprint density at radius 1 is 1.26 bits per heavy atom. The molecule has 2 amide bonds. The standard InChI is InChI=1S/C19H19N3O5/c1-12-3-4-15(22(25)26)10-17(12)20-19(24)13-9-18(23)21(11-13)14-5-7-16(27-2)8-6-14/h3-8,10,13H,9,11H2,1-2H3,(H,20,24). The van der Waals surface area contributed by atoms with Crippen LogP contribution in [0.1, 0.15) is 12.0 Å². The van der Waals surface area contributed by atoms with Crippen LogP contribution in [-0.2, 0) is 9.59 Å². The zero-order valence-corrected chi connectivity index (χ0v) is 15.0. The molecule has 0 bridgehead atoms. The van der Waals surface area contributed by atoms with E-state index in [9.17, 15) is 19.7 Å². The van der Waals surface area contributed by atoms with Gasteiger partial charge in [-0.2, -0.15) is 0 Å². The molecular formula is C19H19N3O5. The van der Waals surface area contributed by atoms with Gasteiger partial charge in [-0.1, -0.05) is 6.07 Å². The van der Waals surface area contributed by atoms with Crippen molar-refractivity contribution >= 4 is 28.9 Å². The van der Waals surface area contributed by atoms with Crippen LogP contribution in [0.4, 0.5) is 17.1 Å². The number of anilines is 2. The van der Waals surface area contributed by atoms with E-state index in [4.69, 9.17) is 4.74 Å². The van der Waals surface area contributed by atoms with E-state index in [-0.39, 0.29) is 30.5 Å². The first-order valence-electron chi connectivity index (χ1n) is 8.39. The monoisotopic (exact) mass is 369 g/mol. The lowest BCUT2D eigenvalue weighted by Crippen LogP contribution is -2.28. The lowest BCUT2D eigenvalue weighted by Gasteiger charge is -2.17. The molecule has 1 aliphatic rings. The summed E-state index contributed by atoms with van der Waals surface area (Å²) in [6.07, 6.45) is 0.0891. The van der Waals surface area contributed by atoms with Crippen LogP contribution in [0, 0.1) is 23.0 Å². The smallest absolute Gasteiger partial charge is 0.271 e. The third kappa shape index (κ3) is 3.89. The molecule has 1 heterocycles. The summed E-state index contributed by atoms with van der Waals surface area (Å²) in [4.78, 5) is 36.9. The highest BCUT2D eigenvalue weighted by Gasteiger charge is 2.35. The number of rotatable bonds is 5. The van der Waals surface area contributed by atoms with Gasteiger partial charge in [0.15, 0.2) is 0 Å². The van der Waals surface area contributed by atoms with Gasteiger partial charge in [-0.15, -0.1) is 0 Å². The van der Waals surface area contributed by atoms with Gasteiger partial charge in [-0.05, 0) is 36.8 Å². The number of ether oxygens (including phenoxy) is 1. The molecular weight excluding hydrogens is 350 g/mol. The Balaban J connectivity index is 1.72. The highest BCUT2D eigenvalue weighted by atomic mass is 16.6. The lowest BCUT2D eigenvalue weighted by molar-refractivity contribution is -0.384. The molecule has 8 nitrogen and oxygen atoms in total. The number of carbonyl (C=O) groups is 2. The minimum absolute atomic E-state index is 0.0891. The van der Waals surface area contributed by atoms with Crippen LogP contribution in [-0.4, -0.2) is 30.4 Å². The quantitative estimate of drug-likeness (QED) is 0.645. The fourth-order valence-corrected chi connectivity index (χ4v) is 2.99. The summed E-state index contributed by atoms with van der Waals surface area (Å²) >= 11 is 0. The minimum atomic E-state index is -0.529. The van der Waals surface area contributed by atoms with Gasteiger partial charge in [0.1, 0.15) is 5.75 Å². The van der Waals surface area contributed by atoms with Gasteiger partial charge in [0, 0.05) is 30.8 Å². The van der Waals surface area contributed by atoms with Crippen molar-refractivity contribution in [3.63, 3.8) is 0 Å². The van der Waals surface area contributed by atoms with Crippen molar-refractivity contribution in [3.8, 4) is 5.75 Å². The van der Waals surface area contributed by atoms with E-state index in [1.54, 1.807) is 49.3 Å². The van der Waals surface area contributed by atoms with E-state index in [0.29, 0.717) is 22.7 Å². The van der Waals surface area contributed by atoms with Gasteiger partial charge >= 0.3 is 0 Å². The molecule has 1 atom stereocenters. The molecule has 140 valence electrons. The number of aryl methyl sites for hydroxylation is 1. The maximum Gasteiger partial charge on any atom is 0.271 e. The zero-order valence-electron chi connectivity index (χ0n) is 15.0. The Morgan fingerprint density at radius 2 is 1.96 bits per heavy atom. The maximum absolute atomic E-state index is 12.6. The second kappa shape index (κ2) is 7.45. The van der Waals surface area contributed by atoms with Crippen molar-refractivity contribution in [3.05, 3.63) is 58.1 Å². The molecule has 1 saturated heterocycles. The van der Waals surface area contributed by atoms with Gasteiger partial charge in [-0.25, -0.2) is 0 Å². The first kappa shape index (κ1) is 18.4. The number of benzene rings is 2. The molecule has 0 spiro atoms. The first-order chi connectivity index (χ1) is 12.9. The lowest BCUT2D eigenvalue weighted by atomic mass is 10.1. The van der Waals surface area contributed by atoms with Crippen LogP contribution in [0.15, 0.2) is 42.5 Å². The van der Waals surface area contributed by atoms with Crippen molar-refractivity contribution in [2.75, 3.05) is 23.9 Å². The van der Waals surface area contributed by atoms with Crippen LogP contribution in [0.5, 0.6) is 5.75 Å². The van der Waals surface area contributed by atoms with Gasteiger partial charge < -0.3 is 15.0 Å². The SMILES string of the molecule is COc1ccc(N2CC(C(=O)Nc3cc([N+](=O)[O-])ccc3C)CC2=O)cc1. The highest BCUT2D eigenvalue weighted by molar-refractivity contribution is 6.03. The number of nitrogens with zero attached hydrogens (tertiary/aromatic N) is 2. The Morgan fingerprint density at radius 3 is 2.59 bits per heavy atom. The number of nitrogens with one attached hydrogen (secondary N) is 1. The van der Waals surface area contributed by atoms with E-state index in [1.165, 1.54) is 12.1 Å². The number of methoxy groups -OCH3 is 1. The molecule has 0 aliphatic carbocycles. The molecule has 3 rings (SSSR count). The predicted molar refractivity (Wildman–Crippen MR) is 99.9 cm³/mol. The van der Waals surface area contributed by atoms with E-state index < -0.39 is 10.8 Å². The van der Waals surface area contributed by atoms with E-state index in [2.05, 4.69) is 5.32 Å². The van der Waals surface area contributed by atoms with Crippen molar-refractivity contribution in [2.45, 2.75) is 13.3 Å². The topological polar surface area (TPSA) is 102 Å². The molecule has 0 aromatic heterocycles. The van der Waals surface area contributed by atoms with Crippen LogP contribution in [0.2, 0.25) is 0 Å². The van der Waals surface area contributed by atoms with E-state index in [1.807, 2.05) is 0 Å². The van der Waals surface area contributed by atoms with Crippen molar-refractivity contribution in [1.29, 1.82) is 0 Å².